The molecule has 2 aliphatic heterocycles. The van der Waals surface area contributed by atoms with Gasteiger partial charge in [0.1, 0.15) is 17.0 Å². The molecule has 7 rings (SSSR count). The Morgan fingerprint density at radius 1 is 1.05 bits per heavy atom. The number of aliphatic imine (C=N–C) groups is 1. The van der Waals surface area contributed by atoms with Crippen molar-refractivity contribution in [2.45, 2.75) is 25.8 Å². The van der Waals surface area contributed by atoms with Crippen LogP contribution in [0.1, 0.15) is 28.0 Å². The summed E-state index contributed by atoms with van der Waals surface area (Å²) in [6.07, 6.45) is 9.74. The van der Waals surface area contributed by atoms with Crippen molar-refractivity contribution in [1.29, 1.82) is 0 Å². The zero-order chi connectivity index (χ0) is 24.8. The Morgan fingerprint density at radius 2 is 1.92 bits per heavy atom. The molecule has 1 aliphatic carbocycles. The highest BCUT2D eigenvalue weighted by Crippen LogP contribution is 2.41. The molecule has 1 aromatic carbocycles. The standard InChI is InChI=1S/C28H27N7OS/c36-28(35-11-9-34(10-12-35)22-5-7-29-8-6-22)18-2-4-23-24(14-18)37-27-25(23)26(31-17-32-27)33-21-3-1-19-15-30-16-20(19)13-21/h1,3,5-8,13,16-18H,2,4,9-12,14-15H2,(H,31,32,33). The van der Waals surface area contributed by atoms with Gasteiger partial charge in [-0.1, -0.05) is 6.07 Å². The molecule has 4 aromatic rings. The summed E-state index contributed by atoms with van der Waals surface area (Å²) in [6.45, 7) is 4.00. The van der Waals surface area contributed by atoms with Gasteiger partial charge < -0.3 is 15.1 Å². The molecule has 186 valence electrons. The van der Waals surface area contributed by atoms with Gasteiger partial charge in [0.15, 0.2) is 0 Å². The maximum Gasteiger partial charge on any atom is 0.226 e. The molecule has 1 saturated heterocycles. The van der Waals surface area contributed by atoms with Crippen LogP contribution in [-0.4, -0.2) is 58.2 Å². The number of nitrogens with zero attached hydrogens (tertiary/aromatic N) is 6. The Bertz CT molecular complexity index is 1510. The van der Waals surface area contributed by atoms with Crippen LogP contribution >= 0.6 is 11.3 Å². The van der Waals surface area contributed by atoms with Crippen molar-refractivity contribution < 1.29 is 4.79 Å². The lowest BCUT2D eigenvalue weighted by Crippen LogP contribution is -2.51. The van der Waals surface area contributed by atoms with Crippen LogP contribution in [0.3, 0.4) is 0 Å². The van der Waals surface area contributed by atoms with Gasteiger partial charge in [-0.05, 0) is 60.2 Å². The van der Waals surface area contributed by atoms with Gasteiger partial charge in [0, 0.05) is 67.0 Å². The van der Waals surface area contributed by atoms with Crippen molar-refractivity contribution in [2.24, 2.45) is 10.9 Å². The Kier molecular flexibility index (Phi) is 5.57. The zero-order valence-electron chi connectivity index (χ0n) is 20.4. The number of aromatic nitrogens is 3. The Labute approximate surface area is 219 Å². The van der Waals surface area contributed by atoms with Crippen molar-refractivity contribution in [3.8, 4) is 0 Å². The maximum absolute atomic E-state index is 13.5. The first-order chi connectivity index (χ1) is 18.2. The fraction of sp³-hybridized carbons (Fsp3) is 0.321. The third kappa shape index (κ3) is 4.13. The Balaban J connectivity index is 1.07. The summed E-state index contributed by atoms with van der Waals surface area (Å²) in [4.78, 5) is 37.8. The number of rotatable bonds is 4. The Morgan fingerprint density at radius 3 is 2.78 bits per heavy atom. The molecule has 0 spiro atoms. The van der Waals surface area contributed by atoms with E-state index in [0.717, 1.165) is 79.3 Å². The van der Waals surface area contributed by atoms with Crippen LogP contribution in [0.4, 0.5) is 17.2 Å². The van der Waals surface area contributed by atoms with Crippen molar-refractivity contribution in [1.82, 2.24) is 19.9 Å². The third-order valence-electron chi connectivity index (χ3n) is 7.71. The van der Waals surface area contributed by atoms with Crippen molar-refractivity contribution in [3.63, 3.8) is 0 Å². The van der Waals surface area contributed by atoms with Crippen LogP contribution < -0.4 is 10.2 Å². The number of fused-ring (bicyclic) bond motifs is 4. The fourth-order valence-corrected chi connectivity index (χ4v) is 7.00. The van der Waals surface area contributed by atoms with Crippen LogP contribution in [0.5, 0.6) is 0 Å². The number of benzene rings is 1. The molecule has 0 bridgehead atoms. The maximum atomic E-state index is 13.5. The molecule has 0 saturated carbocycles. The number of anilines is 3. The Hall–Kier alpha value is -3.85. The quantitative estimate of drug-likeness (QED) is 0.443. The van der Waals surface area contributed by atoms with Crippen LogP contribution in [0.2, 0.25) is 0 Å². The number of thiophene rings is 1. The second kappa shape index (κ2) is 9.23. The number of amides is 1. The number of aryl methyl sites for hydroxylation is 1. The second-order valence-corrected chi connectivity index (χ2v) is 11.0. The first-order valence-electron chi connectivity index (χ1n) is 12.8. The first-order valence-corrected chi connectivity index (χ1v) is 13.6. The number of carbonyl (C=O) groups excluding carboxylic acids is 1. The normalized spacial score (nSPS) is 18.6. The van der Waals surface area contributed by atoms with E-state index in [4.69, 9.17) is 0 Å². The van der Waals surface area contributed by atoms with E-state index in [2.05, 4.69) is 53.3 Å². The van der Waals surface area contributed by atoms with E-state index in [9.17, 15) is 4.79 Å². The number of carbonyl (C=O) groups is 1. The van der Waals surface area contributed by atoms with E-state index < -0.39 is 0 Å². The van der Waals surface area contributed by atoms with Gasteiger partial charge in [-0.3, -0.25) is 14.8 Å². The van der Waals surface area contributed by atoms with E-state index in [1.807, 2.05) is 30.7 Å². The second-order valence-electron chi connectivity index (χ2n) is 9.87. The largest absolute Gasteiger partial charge is 0.368 e. The average molecular weight is 510 g/mol. The molecule has 1 N–H and O–H groups in total. The summed E-state index contributed by atoms with van der Waals surface area (Å²) in [6, 6.07) is 10.4. The highest BCUT2D eigenvalue weighted by Gasteiger charge is 2.33. The molecular formula is C28H27N7OS. The van der Waals surface area contributed by atoms with Gasteiger partial charge in [-0.2, -0.15) is 0 Å². The predicted octanol–water partition coefficient (Wildman–Crippen LogP) is 4.22. The molecular weight excluding hydrogens is 482 g/mol. The summed E-state index contributed by atoms with van der Waals surface area (Å²) in [7, 11) is 0. The van der Waals surface area contributed by atoms with Crippen molar-refractivity contribution >= 4 is 50.9 Å². The molecule has 0 radical (unpaired) electrons. The van der Waals surface area contributed by atoms with E-state index >= 15 is 0 Å². The smallest absolute Gasteiger partial charge is 0.226 e. The topological polar surface area (TPSA) is 86.6 Å². The molecule has 9 heteroatoms. The average Bonchev–Trinajstić information content (AvgIpc) is 3.57. The molecule has 1 unspecified atom stereocenters. The van der Waals surface area contributed by atoms with Gasteiger partial charge in [-0.25, -0.2) is 9.97 Å². The van der Waals surface area contributed by atoms with E-state index in [1.54, 1.807) is 17.7 Å². The third-order valence-corrected chi connectivity index (χ3v) is 8.88. The summed E-state index contributed by atoms with van der Waals surface area (Å²) in [5.74, 6) is 1.17. The van der Waals surface area contributed by atoms with Gasteiger partial charge in [0.2, 0.25) is 5.91 Å². The number of hydrogen-bond acceptors (Lipinski definition) is 8. The van der Waals surface area contributed by atoms with Crippen molar-refractivity contribution in [3.05, 3.63) is 70.6 Å². The number of pyridine rings is 1. The van der Waals surface area contributed by atoms with Gasteiger partial charge in [0.05, 0.1) is 11.9 Å². The molecule has 3 aliphatic rings. The van der Waals surface area contributed by atoms with E-state index in [-0.39, 0.29) is 5.92 Å². The van der Waals surface area contributed by atoms with E-state index in [0.29, 0.717) is 5.91 Å². The summed E-state index contributed by atoms with van der Waals surface area (Å²) < 4.78 is 0. The monoisotopic (exact) mass is 509 g/mol. The van der Waals surface area contributed by atoms with Gasteiger partial charge >= 0.3 is 0 Å². The van der Waals surface area contributed by atoms with Crippen LogP contribution in [0.15, 0.2) is 54.0 Å². The highest BCUT2D eigenvalue weighted by molar-refractivity contribution is 7.19. The lowest BCUT2D eigenvalue weighted by molar-refractivity contribution is -0.136. The van der Waals surface area contributed by atoms with Crippen molar-refractivity contribution in [2.75, 3.05) is 36.4 Å². The first kappa shape index (κ1) is 22.4. The SMILES string of the molecule is O=C(C1CCc2c(sc3ncnc(Nc4ccc5c(c4)C=NC5)c23)C1)N1CCN(c2ccncc2)CC1. The minimum atomic E-state index is 0.0356. The predicted molar refractivity (Wildman–Crippen MR) is 147 cm³/mol. The van der Waals surface area contributed by atoms with Crippen LogP contribution in [0.25, 0.3) is 10.2 Å². The molecule has 1 fully saturated rings. The molecule has 1 atom stereocenters. The minimum absolute atomic E-state index is 0.0356. The summed E-state index contributed by atoms with van der Waals surface area (Å²) >= 11 is 1.71. The van der Waals surface area contributed by atoms with Crippen LogP contribution in [0, 0.1) is 5.92 Å². The number of piperazine rings is 1. The molecule has 5 heterocycles. The van der Waals surface area contributed by atoms with Gasteiger partial charge in [0.25, 0.3) is 0 Å². The summed E-state index contributed by atoms with van der Waals surface area (Å²) in [5, 5.41) is 4.63. The number of hydrogen-bond donors (Lipinski definition) is 1. The molecule has 37 heavy (non-hydrogen) atoms. The highest BCUT2D eigenvalue weighted by atomic mass is 32.1. The zero-order valence-corrected chi connectivity index (χ0v) is 21.2. The van der Waals surface area contributed by atoms with Gasteiger partial charge in [-0.15, -0.1) is 11.3 Å². The molecule has 1 amide bonds. The number of nitrogens with one attached hydrogen (secondary N) is 1. The molecule has 3 aromatic heterocycles. The fourth-order valence-electron chi connectivity index (χ4n) is 5.73. The van der Waals surface area contributed by atoms with Crippen LogP contribution in [-0.2, 0) is 24.2 Å². The lowest BCUT2D eigenvalue weighted by atomic mass is 9.86. The minimum Gasteiger partial charge on any atom is -0.368 e. The molecule has 8 nitrogen and oxygen atoms in total. The van der Waals surface area contributed by atoms with E-state index in [1.165, 1.54) is 21.7 Å². The summed E-state index contributed by atoms with van der Waals surface area (Å²) in [5.41, 5.74) is 5.89. The lowest BCUT2D eigenvalue weighted by Gasteiger charge is -2.38.